The minimum absolute atomic E-state index is 0.0516. The SMILES string of the molecule is O=C(OCC(Cl)(Cl)Cl)N1CCc2c([nH]c3ccccc23)C1C/C=C/CO. The Morgan fingerprint density at radius 2 is 2.12 bits per heavy atom. The summed E-state index contributed by atoms with van der Waals surface area (Å²) in [5.41, 5.74) is 3.21. The van der Waals surface area contributed by atoms with E-state index in [0.717, 1.165) is 16.6 Å². The third-order valence-electron chi connectivity index (χ3n) is 4.38. The number of alkyl halides is 3. The molecule has 8 heteroatoms. The van der Waals surface area contributed by atoms with E-state index in [2.05, 4.69) is 11.1 Å². The molecular formula is C18H19Cl3N2O3. The molecule has 1 aliphatic rings. The molecule has 0 radical (unpaired) electrons. The van der Waals surface area contributed by atoms with Crippen molar-refractivity contribution in [3.05, 3.63) is 47.7 Å². The second-order valence-corrected chi connectivity index (χ2v) is 8.60. The molecule has 2 heterocycles. The lowest BCUT2D eigenvalue weighted by atomic mass is 9.95. The summed E-state index contributed by atoms with van der Waals surface area (Å²) >= 11 is 17.0. The van der Waals surface area contributed by atoms with E-state index >= 15 is 0 Å². The molecule has 26 heavy (non-hydrogen) atoms. The summed E-state index contributed by atoms with van der Waals surface area (Å²) in [7, 11) is 0. The molecule has 0 saturated heterocycles. The van der Waals surface area contributed by atoms with Gasteiger partial charge in [0.15, 0.2) is 0 Å². The zero-order chi connectivity index (χ0) is 18.7. The summed E-state index contributed by atoms with van der Waals surface area (Å²) in [5.74, 6) is 0. The number of aliphatic hydroxyl groups is 1. The van der Waals surface area contributed by atoms with Crippen molar-refractivity contribution in [3.8, 4) is 0 Å². The molecule has 0 bridgehead atoms. The number of carbonyl (C=O) groups excluding carboxylic acids is 1. The Morgan fingerprint density at radius 3 is 2.85 bits per heavy atom. The predicted octanol–water partition coefficient (Wildman–Crippen LogP) is 4.51. The zero-order valence-electron chi connectivity index (χ0n) is 13.9. The number of ether oxygens (including phenoxy) is 1. The van der Waals surface area contributed by atoms with E-state index in [1.807, 2.05) is 24.3 Å². The van der Waals surface area contributed by atoms with Gasteiger partial charge in [-0.1, -0.05) is 65.2 Å². The smallest absolute Gasteiger partial charge is 0.410 e. The third kappa shape index (κ3) is 4.29. The number of hydrogen-bond acceptors (Lipinski definition) is 3. The van der Waals surface area contributed by atoms with Gasteiger partial charge in [0, 0.05) is 23.1 Å². The Hall–Kier alpha value is -1.40. The average Bonchev–Trinajstić information content (AvgIpc) is 2.98. The number of benzene rings is 1. The van der Waals surface area contributed by atoms with Crippen molar-refractivity contribution >= 4 is 51.8 Å². The van der Waals surface area contributed by atoms with Crippen molar-refractivity contribution in [2.75, 3.05) is 19.8 Å². The zero-order valence-corrected chi connectivity index (χ0v) is 16.2. The van der Waals surface area contributed by atoms with E-state index in [1.165, 1.54) is 5.56 Å². The quantitative estimate of drug-likeness (QED) is 0.568. The lowest BCUT2D eigenvalue weighted by Gasteiger charge is -2.35. The first-order valence-corrected chi connectivity index (χ1v) is 9.39. The lowest BCUT2D eigenvalue weighted by Crippen LogP contribution is -2.41. The minimum atomic E-state index is -1.65. The monoisotopic (exact) mass is 416 g/mol. The lowest BCUT2D eigenvalue weighted by molar-refractivity contribution is 0.0836. The molecule has 1 atom stereocenters. The van der Waals surface area contributed by atoms with Crippen LogP contribution in [0.3, 0.4) is 0 Å². The molecule has 3 rings (SSSR count). The molecule has 0 spiro atoms. The predicted molar refractivity (Wildman–Crippen MR) is 104 cm³/mol. The highest BCUT2D eigenvalue weighted by atomic mass is 35.6. The van der Waals surface area contributed by atoms with E-state index < -0.39 is 9.89 Å². The highest BCUT2D eigenvalue weighted by molar-refractivity contribution is 6.67. The van der Waals surface area contributed by atoms with E-state index in [-0.39, 0.29) is 19.3 Å². The number of aromatic amines is 1. The van der Waals surface area contributed by atoms with Crippen LogP contribution in [0.5, 0.6) is 0 Å². The van der Waals surface area contributed by atoms with E-state index in [4.69, 9.17) is 44.6 Å². The third-order valence-corrected chi connectivity index (χ3v) is 4.71. The molecule has 2 N–H and O–H groups in total. The van der Waals surface area contributed by atoms with Gasteiger partial charge in [0.1, 0.15) is 6.61 Å². The largest absolute Gasteiger partial charge is 0.445 e. The number of para-hydroxylation sites is 1. The van der Waals surface area contributed by atoms with Crippen molar-refractivity contribution in [2.24, 2.45) is 0 Å². The summed E-state index contributed by atoms with van der Waals surface area (Å²) in [6, 6.07) is 7.82. The number of rotatable bonds is 4. The summed E-state index contributed by atoms with van der Waals surface area (Å²) in [6.45, 7) is 0.140. The highest BCUT2D eigenvalue weighted by Crippen LogP contribution is 2.37. The van der Waals surface area contributed by atoms with Crippen LogP contribution in [0.2, 0.25) is 0 Å². The van der Waals surface area contributed by atoms with Crippen LogP contribution in [0.4, 0.5) is 4.79 Å². The Bertz CT molecular complexity index is 814. The second-order valence-electron chi connectivity index (χ2n) is 6.08. The first-order valence-electron chi connectivity index (χ1n) is 8.26. The summed E-state index contributed by atoms with van der Waals surface area (Å²) < 4.78 is 3.53. The maximum absolute atomic E-state index is 12.6. The molecule has 0 aliphatic carbocycles. The summed E-state index contributed by atoms with van der Waals surface area (Å²) in [6.07, 6.45) is 4.23. The van der Waals surface area contributed by atoms with Crippen molar-refractivity contribution in [2.45, 2.75) is 22.7 Å². The molecule has 1 aromatic carbocycles. The van der Waals surface area contributed by atoms with Crippen LogP contribution < -0.4 is 0 Å². The Balaban J connectivity index is 1.90. The summed E-state index contributed by atoms with van der Waals surface area (Å²) in [4.78, 5) is 17.6. The number of aliphatic hydroxyl groups excluding tert-OH is 1. The van der Waals surface area contributed by atoms with Gasteiger partial charge in [0.05, 0.1) is 12.6 Å². The van der Waals surface area contributed by atoms with Crippen LogP contribution in [0.15, 0.2) is 36.4 Å². The first-order chi connectivity index (χ1) is 12.4. The van der Waals surface area contributed by atoms with Crippen LogP contribution >= 0.6 is 34.8 Å². The first kappa shape index (κ1) is 19.4. The second kappa shape index (κ2) is 8.09. The normalized spacial score (nSPS) is 17.7. The van der Waals surface area contributed by atoms with Gasteiger partial charge in [0.25, 0.3) is 0 Å². The van der Waals surface area contributed by atoms with Crippen molar-refractivity contribution in [1.82, 2.24) is 9.88 Å². The number of halogens is 3. The Morgan fingerprint density at radius 1 is 1.35 bits per heavy atom. The van der Waals surface area contributed by atoms with E-state index in [9.17, 15) is 4.79 Å². The Kier molecular flexibility index (Phi) is 6.03. The number of fused-ring (bicyclic) bond motifs is 3. The van der Waals surface area contributed by atoms with Gasteiger partial charge < -0.3 is 14.8 Å². The topological polar surface area (TPSA) is 65.6 Å². The molecule has 1 aromatic heterocycles. The maximum Gasteiger partial charge on any atom is 0.410 e. The Labute approximate surface area is 166 Å². The number of aromatic nitrogens is 1. The molecule has 2 aromatic rings. The molecule has 5 nitrogen and oxygen atoms in total. The van der Waals surface area contributed by atoms with E-state index in [1.54, 1.807) is 11.0 Å². The number of hydrogen-bond donors (Lipinski definition) is 2. The van der Waals surface area contributed by atoms with Crippen molar-refractivity contribution in [1.29, 1.82) is 0 Å². The van der Waals surface area contributed by atoms with Gasteiger partial charge in [-0.25, -0.2) is 4.79 Å². The van der Waals surface area contributed by atoms with Gasteiger partial charge in [-0.2, -0.15) is 0 Å². The van der Waals surface area contributed by atoms with Crippen molar-refractivity contribution < 1.29 is 14.6 Å². The van der Waals surface area contributed by atoms with E-state index in [0.29, 0.717) is 19.4 Å². The molecule has 1 unspecified atom stereocenters. The number of nitrogens with zero attached hydrogens (tertiary/aromatic N) is 1. The maximum atomic E-state index is 12.6. The number of nitrogens with one attached hydrogen (secondary N) is 1. The molecule has 0 fully saturated rings. The van der Waals surface area contributed by atoms with Gasteiger partial charge in [-0.15, -0.1) is 0 Å². The highest BCUT2D eigenvalue weighted by Gasteiger charge is 2.34. The van der Waals surface area contributed by atoms with Gasteiger partial charge in [-0.05, 0) is 24.5 Å². The molecule has 0 saturated carbocycles. The average molecular weight is 418 g/mol. The van der Waals surface area contributed by atoms with Crippen molar-refractivity contribution in [3.63, 3.8) is 0 Å². The molecule has 1 amide bonds. The number of carbonyl (C=O) groups is 1. The van der Waals surface area contributed by atoms with Crippen LogP contribution in [0.25, 0.3) is 10.9 Å². The van der Waals surface area contributed by atoms with Crippen LogP contribution in [-0.4, -0.2) is 44.6 Å². The summed E-state index contributed by atoms with van der Waals surface area (Å²) in [5, 5.41) is 10.2. The fourth-order valence-corrected chi connectivity index (χ4v) is 3.47. The number of H-pyrrole nitrogens is 1. The molecule has 140 valence electrons. The van der Waals surface area contributed by atoms with Crippen LogP contribution in [0.1, 0.15) is 23.7 Å². The fourth-order valence-electron chi connectivity index (χ4n) is 3.31. The van der Waals surface area contributed by atoms with Gasteiger partial charge in [0.2, 0.25) is 3.79 Å². The fraction of sp³-hybridized carbons (Fsp3) is 0.389. The molecule has 1 aliphatic heterocycles. The van der Waals surface area contributed by atoms with Gasteiger partial charge >= 0.3 is 6.09 Å². The standard InChI is InChI=1S/C18H19Cl3N2O3/c19-18(20,21)11-26-17(25)23-9-8-13-12-5-1-2-6-14(12)22-16(13)15(23)7-3-4-10-24/h1-6,15,22,24H,7-11H2/b4-3+. The van der Waals surface area contributed by atoms with Crippen LogP contribution in [-0.2, 0) is 11.2 Å². The molecular weight excluding hydrogens is 399 g/mol. The number of amides is 1. The van der Waals surface area contributed by atoms with Crippen LogP contribution in [0, 0.1) is 0 Å². The van der Waals surface area contributed by atoms with Gasteiger partial charge in [-0.3, -0.25) is 4.90 Å². The minimum Gasteiger partial charge on any atom is -0.445 e.